The average Bonchev–Trinajstić information content (AvgIpc) is 2.58. The van der Waals surface area contributed by atoms with E-state index in [9.17, 15) is 13.2 Å². The van der Waals surface area contributed by atoms with Crippen LogP contribution in [-0.2, 0) is 14.8 Å². The van der Waals surface area contributed by atoms with Crippen molar-refractivity contribution in [2.45, 2.75) is 19.8 Å². The number of anilines is 2. The molecule has 0 aliphatic heterocycles. The number of hydrogen-bond acceptors (Lipinski definition) is 4. The number of benzene rings is 2. The Labute approximate surface area is 154 Å². The number of methoxy groups -OCH3 is 1. The maximum Gasteiger partial charge on any atom is 0.232 e. The summed E-state index contributed by atoms with van der Waals surface area (Å²) in [6, 6.07) is 14.4. The first kappa shape index (κ1) is 19.8. The number of sulfonamides is 1. The van der Waals surface area contributed by atoms with Gasteiger partial charge in [0.1, 0.15) is 5.75 Å². The first-order valence-electron chi connectivity index (χ1n) is 8.28. The Hall–Kier alpha value is -2.54. The molecule has 6 nitrogen and oxygen atoms in total. The summed E-state index contributed by atoms with van der Waals surface area (Å²) in [6.45, 7) is 2.17. The molecule has 0 saturated carbocycles. The predicted molar refractivity (Wildman–Crippen MR) is 104 cm³/mol. The molecule has 2 aromatic rings. The van der Waals surface area contributed by atoms with Crippen LogP contribution in [-0.4, -0.2) is 34.2 Å². The van der Waals surface area contributed by atoms with Gasteiger partial charge in [-0.05, 0) is 43.2 Å². The van der Waals surface area contributed by atoms with E-state index in [2.05, 4.69) is 5.32 Å². The summed E-state index contributed by atoms with van der Waals surface area (Å²) in [4.78, 5) is 12.2. The summed E-state index contributed by atoms with van der Waals surface area (Å²) in [5, 5.41) is 2.82. The van der Waals surface area contributed by atoms with Crippen LogP contribution >= 0.6 is 0 Å². The molecule has 0 heterocycles. The van der Waals surface area contributed by atoms with E-state index in [0.717, 1.165) is 11.8 Å². The lowest BCUT2D eigenvalue weighted by molar-refractivity contribution is -0.116. The molecule has 0 aliphatic rings. The van der Waals surface area contributed by atoms with Crippen LogP contribution in [0.4, 0.5) is 11.4 Å². The van der Waals surface area contributed by atoms with Crippen molar-refractivity contribution in [3.63, 3.8) is 0 Å². The van der Waals surface area contributed by atoms with E-state index in [-0.39, 0.29) is 18.9 Å². The van der Waals surface area contributed by atoms with Crippen molar-refractivity contribution < 1.29 is 17.9 Å². The number of amides is 1. The fourth-order valence-corrected chi connectivity index (χ4v) is 3.56. The number of hydrogen-bond donors (Lipinski definition) is 1. The maximum absolute atomic E-state index is 12.2. The third kappa shape index (κ3) is 5.49. The van der Waals surface area contributed by atoms with E-state index in [1.54, 1.807) is 37.4 Å². The fraction of sp³-hybridized carbons (Fsp3) is 0.316. The van der Waals surface area contributed by atoms with Crippen molar-refractivity contribution in [3.8, 4) is 5.75 Å². The Morgan fingerprint density at radius 3 is 2.46 bits per heavy atom. The van der Waals surface area contributed by atoms with Gasteiger partial charge in [0.05, 0.1) is 24.7 Å². The lowest BCUT2D eigenvalue weighted by Gasteiger charge is -2.22. The summed E-state index contributed by atoms with van der Waals surface area (Å²) in [6.07, 6.45) is 1.77. The molecular formula is C19H24N2O4S. The molecule has 0 aliphatic carbocycles. The van der Waals surface area contributed by atoms with E-state index in [4.69, 9.17) is 4.74 Å². The minimum absolute atomic E-state index is 0.185. The maximum atomic E-state index is 12.2. The minimum Gasteiger partial charge on any atom is -0.495 e. The van der Waals surface area contributed by atoms with Crippen molar-refractivity contribution in [3.05, 3.63) is 54.1 Å². The van der Waals surface area contributed by atoms with Gasteiger partial charge in [0, 0.05) is 13.0 Å². The molecule has 0 unspecified atom stereocenters. The molecule has 0 bridgehead atoms. The van der Waals surface area contributed by atoms with Crippen molar-refractivity contribution in [1.29, 1.82) is 0 Å². The van der Waals surface area contributed by atoms with Gasteiger partial charge in [-0.15, -0.1) is 0 Å². The molecule has 140 valence electrons. The molecule has 0 atom stereocenters. The van der Waals surface area contributed by atoms with Gasteiger partial charge in [0.25, 0.3) is 0 Å². The van der Waals surface area contributed by atoms with Crippen LogP contribution in [0.25, 0.3) is 0 Å². The van der Waals surface area contributed by atoms with E-state index in [0.29, 0.717) is 23.5 Å². The van der Waals surface area contributed by atoms with Crippen molar-refractivity contribution >= 4 is 27.3 Å². The summed E-state index contributed by atoms with van der Waals surface area (Å²) >= 11 is 0. The number of carbonyl (C=O) groups is 1. The van der Waals surface area contributed by atoms with Crippen LogP contribution in [0.5, 0.6) is 5.75 Å². The summed E-state index contributed by atoms with van der Waals surface area (Å²) in [7, 11) is -1.86. The second-order valence-electron chi connectivity index (χ2n) is 6.03. The molecule has 0 aromatic heterocycles. The minimum atomic E-state index is -3.41. The Kier molecular flexibility index (Phi) is 6.63. The van der Waals surface area contributed by atoms with E-state index < -0.39 is 10.0 Å². The zero-order valence-electron chi connectivity index (χ0n) is 15.2. The third-order valence-electron chi connectivity index (χ3n) is 3.84. The highest BCUT2D eigenvalue weighted by atomic mass is 32.2. The summed E-state index contributed by atoms with van der Waals surface area (Å²) < 4.78 is 30.6. The Morgan fingerprint density at radius 1 is 1.15 bits per heavy atom. The number of carbonyl (C=O) groups excluding carboxylic acids is 1. The number of rotatable bonds is 8. The van der Waals surface area contributed by atoms with Gasteiger partial charge in [-0.3, -0.25) is 9.10 Å². The predicted octanol–water partition coefficient (Wildman–Crippen LogP) is 3.19. The van der Waals surface area contributed by atoms with E-state index >= 15 is 0 Å². The largest absolute Gasteiger partial charge is 0.495 e. The van der Waals surface area contributed by atoms with Gasteiger partial charge >= 0.3 is 0 Å². The fourth-order valence-electron chi connectivity index (χ4n) is 2.60. The number of nitrogens with zero attached hydrogens (tertiary/aromatic N) is 1. The lowest BCUT2D eigenvalue weighted by Crippen LogP contribution is -2.31. The second-order valence-corrected chi connectivity index (χ2v) is 7.93. The van der Waals surface area contributed by atoms with Crippen molar-refractivity contribution in [2.24, 2.45) is 0 Å². The molecule has 2 aromatic carbocycles. The van der Waals surface area contributed by atoms with Crippen LogP contribution in [0.3, 0.4) is 0 Å². The van der Waals surface area contributed by atoms with Crippen LogP contribution in [0.15, 0.2) is 48.5 Å². The smallest absolute Gasteiger partial charge is 0.232 e. The molecule has 0 fully saturated rings. The highest BCUT2D eigenvalue weighted by Crippen LogP contribution is 2.25. The topological polar surface area (TPSA) is 75.7 Å². The third-order valence-corrected chi connectivity index (χ3v) is 5.03. The van der Waals surface area contributed by atoms with Gasteiger partial charge in [-0.25, -0.2) is 8.42 Å². The lowest BCUT2D eigenvalue weighted by atomic mass is 10.2. The van der Waals surface area contributed by atoms with Crippen molar-refractivity contribution in [1.82, 2.24) is 0 Å². The number of aryl methyl sites for hydroxylation is 1. The molecule has 0 radical (unpaired) electrons. The van der Waals surface area contributed by atoms with Gasteiger partial charge in [-0.1, -0.05) is 24.3 Å². The van der Waals surface area contributed by atoms with E-state index in [1.807, 2.05) is 25.1 Å². The van der Waals surface area contributed by atoms with Crippen LogP contribution in [0.2, 0.25) is 0 Å². The van der Waals surface area contributed by atoms with Gasteiger partial charge in [0.2, 0.25) is 15.9 Å². The highest BCUT2D eigenvalue weighted by Gasteiger charge is 2.17. The molecular weight excluding hydrogens is 352 g/mol. The number of ether oxygens (including phenoxy) is 1. The van der Waals surface area contributed by atoms with Gasteiger partial charge < -0.3 is 10.1 Å². The summed E-state index contributed by atoms with van der Waals surface area (Å²) in [5.74, 6) is 0.404. The first-order valence-corrected chi connectivity index (χ1v) is 10.1. The average molecular weight is 376 g/mol. The quantitative estimate of drug-likeness (QED) is 0.768. The van der Waals surface area contributed by atoms with Crippen molar-refractivity contribution in [2.75, 3.05) is 29.5 Å². The van der Waals surface area contributed by atoms with E-state index in [1.165, 1.54) is 4.31 Å². The molecule has 26 heavy (non-hydrogen) atoms. The molecule has 2 rings (SSSR count). The molecule has 0 spiro atoms. The zero-order valence-corrected chi connectivity index (χ0v) is 16.0. The Bertz CT molecular complexity index is 851. The van der Waals surface area contributed by atoms with Crippen LogP contribution in [0.1, 0.15) is 18.4 Å². The second kappa shape index (κ2) is 8.71. The van der Waals surface area contributed by atoms with Gasteiger partial charge in [-0.2, -0.15) is 0 Å². The molecule has 1 amide bonds. The Balaban J connectivity index is 1.97. The summed E-state index contributed by atoms with van der Waals surface area (Å²) in [5.41, 5.74) is 2.21. The number of nitrogens with one attached hydrogen (secondary N) is 1. The number of para-hydroxylation sites is 1. The standard InChI is InChI=1S/C19H24N2O4S/c1-15-11-12-18(25-2)17(14-15)20-19(22)10-7-13-21(26(3,23)24)16-8-5-4-6-9-16/h4-6,8-9,11-12,14H,7,10,13H2,1-3H3,(H,20,22). The highest BCUT2D eigenvalue weighted by molar-refractivity contribution is 7.92. The van der Waals surface area contributed by atoms with Gasteiger partial charge in [0.15, 0.2) is 0 Å². The normalized spacial score (nSPS) is 11.0. The SMILES string of the molecule is COc1ccc(C)cc1NC(=O)CCCN(c1ccccc1)S(C)(=O)=O. The Morgan fingerprint density at radius 2 is 1.85 bits per heavy atom. The molecule has 7 heteroatoms. The molecule has 0 saturated heterocycles. The van der Waals surface area contributed by atoms with Crippen LogP contribution < -0.4 is 14.4 Å². The monoisotopic (exact) mass is 376 g/mol. The first-order chi connectivity index (χ1) is 12.3. The van der Waals surface area contributed by atoms with Crippen LogP contribution in [0, 0.1) is 6.92 Å². The molecule has 1 N–H and O–H groups in total. The zero-order chi connectivity index (χ0) is 19.2.